The standard InChI is InChI=1S/C28H34N6O4/c1-6-32-18-24(29-26(35)20-12-14-21(15-13-20)34(37)38)22-16-33(28(2,3)25(22)32)27(36)30-23(17-31(4)5)19-10-8-7-9-11-19/h7-15,18,23H,6,16-17H2,1-5H3,(H,29,35)(H,30,36)/t23-/m1/s1. The molecule has 4 rings (SSSR count). The van der Waals surface area contributed by atoms with Gasteiger partial charge in [0.1, 0.15) is 0 Å². The molecule has 10 nitrogen and oxygen atoms in total. The number of urea groups is 1. The number of rotatable bonds is 8. The maximum Gasteiger partial charge on any atom is 0.318 e. The molecular formula is C28H34N6O4. The van der Waals surface area contributed by atoms with Gasteiger partial charge in [0.15, 0.2) is 0 Å². The number of nitrogens with zero attached hydrogens (tertiary/aromatic N) is 4. The summed E-state index contributed by atoms with van der Waals surface area (Å²) >= 11 is 0. The van der Waals surface area contributed by atoms with E-state index in [1.165, 1.54) is 24.3 Å². The van der Waals surface area contributed by atoms with Gasteiger partial charge in [-0.15, -0.1) is 0 Å². The van der Waals surface area contributed by atoms with E-state index in [1.54, 1.807) is 4.90 Å². The number of aromatic nitrogens is 1. The third-order valence-corrected chi connectivity index (χ3v) is 6.98. The third-order valence-electron chi connectivity index (χ3n) is 6.98. The first-order valence-electron chi connectivity index (χ1n) is 12.6. The number of carbonyl (C=O) groups is 2. The van der Waals surface area contributed by atoms with E-state index < -0.39 is 10.5 Å². The molecule has 0 saturated carbocycles. The number of anilines is 1. The van der Waals surface area contributed by atoms with E-state index in [-0.39, 0.29) is 23.7 Å². The molecule has 0 radical (unpaired) electrons. The second-order valence-corrected chi connectivity index (χ2v) is 10.2. The predicted octanol–water partition coefficient (Wildman–Crippen LogP) is 4.73. The van der Waals surface area contributed by atoms with E-state index in [9.17, 15) is 19.7 Å². The predicted molar refractivity (Wildman–Crippen MR) is 146 cm³/mol. The van der Waals surface area contributed by atoms with E-state index in [1.807, 2.05) is 76.3 Å². The second-order valence-electron chi connectivity index (χ2n) is 10.2. The van der Waals surface area contributed by atoms with Crippen LogP contribution in [0.3, 0.4) is 0 Å². The van der Waals surface area contributed by atoms with E-state index in [0.717, 1.165) is 16.8 Å². The highest BCUT2D eigenvalue weighted by Crippen LogP contribution is 2.43. The van der Waals surface area contributed by atoms with Gasteiger partial charge in [0.05, 0.1) is 34.4 Å². The molecule has 0 fully saturated rings. The number of nitro groups is 1. The molecule has 200 valence electrons. The van der Waals surface area contributed by atoms with Crippen LogP contribution in [-0.4, -0.2) is 51.9 Å². The van der Waals surface area contributed by atoms with Crippen LogP contribution in [0.2, 0.25) is 0 Å². The minimum absolute atomic E-state index is 0.0777. The van der Waals surface area contributed by atoms with Crippen LogP contribution in [0.25, 0.3) is 0 Å². The van der Waals surface area contributed by atoms with Gasteiger partial charge in [0.25, 0.3) is 11.6 Å². The minimum atomic E-state index is -0.620. The molecule has 1 aliphatic heterocycles. The lowest BCUT2D eigenvalue weighted by molar-refractivity contribution is -0.384. The lowest BCUT2D eigenvalue weighted by Gasteiger charge is -2.35. The van der Waals surface area contributed by atoms with E-state index in [4.69, 9.17) is 0 Å². The Kier molecular flexibility index (Phi) is 7.54. The zero-order chi connectivity index (χ0) is 27.6. The highest BCUT2D eigenvalue weighted by molar-refractivity contribution is 6.05. The van der Waals surface area contributed by atoms with Crippen LogP contribution in [0.1, 0.15) is 54.0 Å². The number of fused-ring (bicyclic) bond motifs is 1. The molecule has 1 aliphatic rings. The number of nitro benzene ring substituents is 1. The minimum Gasteiger partial charge on any atom is -0.347 e. The summed E-state index contributed by atoms with van der Waals surface area (Å²) in [6, 6.07) is 15.0. The summed E-state index contributed by atoms with van der Waals surface area (Å²) in [6.07, 6.45) is 1.89. The number of aryl methyl sites for hydroxylation is 1. The van der Waals surface area contributed by atoms with Gasteiger partial charge in [-0.05, 0) is 52.6 Å². The van der Waals surface area contributed by atoms with Crippen LogP contribution in [0, 0.1) is 10.1 Å². The Bertz CT molecular complexity index is 1330. The number of benzene rings is 2. The van der Waals surface area contributed by atoms with Crippen LogP contribution >= 0.6 is 0 Å². The van der Waals surface area contributed by atoms with Crippen molar-refractivity contribution in [1.29, 1.82) is 0 Å². The van der Waals surface area contributed by atoms with Crippen molar-refractivity contribution < 1.29 is 14.5 Å². The fourth-order valence-electron chi connectivity index (χ4n) is 5.09. The molecule has 0 saturated heterocycles. The lowest BCUT2D eigenvalue weighted by Crippen LogP contribution is -2.49. The first-order valence-corrected chi connectivity index (χ1v) is 12.6. The van der Waals surface area contributed by atoms with Crippen LogP contribution in [0.4, 0.5) is 16.2 Å². The van der Waals surface area contributed by atoms with Crippen molar-refractivity contribution in [2.45, 2.75) is 45.4 Å². The average molecular weight is 519 g/mol. The second kappa shape index (κ2) is 10.7. The summed E-state index contributed by atoms with van der Waals surface area (Å²) in [5, 5.41) is 17.1. The monoisotopic (exact) mass is 518 g/mol. The molecule has 3 amide bonds. The molecule has 10 heteroatoms. The largest absolute Gasteiger partial charge is 0.347 e. The average Bonchev–Trinajstić information content (AvgIpc) is 3.38. The first kappa shape index (κ1) is 26.9. The molecular weight excluding hydrogens is 484 g/mol. The Morgan fingerprint density at radius 2 is 1.76 bits per heavy atom. The van der Waals surface area contributed by atoms with Crippen molar-refractivity contribution in [3.8, 4) is 0 Å². The Morgan fingerprint density at radius 3 is 2.34 bits per heavy atom. The van der Waals surface area contributed by atoms with Crippen molar-refractivity contribution in [2.24, 2.45) is 0 Å². The Labute approximate surface area is 222 Å². The fraction of sp³-hybridized carbons (Fsp3) is 0.357. The summed E-state index contributed by atoms with van der Waals surface area (Å²) in [5.41, 5.74) is 3.12. The summed E-state index contributed by atoms with van der Waals surface area (Å²) in [7, 11) is 3.95. The van der Waals surface area contributed by atoms with Gasteiger partial charge in [-0.1, -0.05) is 30.3 Å². The van der Waals surface area contributed by atoms with Gasteiger partial charge >= 0.3 is 6.03 Å². The molecule has 1 aromatic heterocycles. The SMILES string of the molecule is CCn1cc(NC(=O)c2ccc([N+](=O)[O-])cc2)c2c1C(C)(C)N(C(=O)N[C@H](CN(C)C)c1ccccc1)C2. The van der Waals surface area contributed by atoms with E-state index >= 15 is 0 Å². The number of likely N-dealkylation sites (N-methyl/N-ethyl adjacent to an activating group) is 1. The topological polar surface area (TPSA) is 113 Å². The van der Waals surface area contributed by atoms with E-state index in [0.29, 0.717) is 30.9 Å². The number of hydrogen-bond donors (Lipinski definition) is 2. The van der Waals surface area contributed by atoms with Crippen molar-refractivity contribution in [2.75, 3.05) is 26.0 Å². The molecule has 0 bridgehead atoms. The van der Waals surface area contributed by atoms with Gasteiger partial charge < -0.3 is 25.0 Å². The highest BCUT2D eigenvalue weighted by Gasteiger charge is 2.45. The Balaban J connectivity index is 1.58. The smallest absolute Gasteiger partial charge is 0.318 e. The van der Waals surface area contributed by atoms with Crippen LogP contribution < -0.4 is 10.6 Å². The maximum absolute atomic E-state index is 13.7. The summed E-state index contributed by atoms with van der Waals surface area (Å²) in [6.45, 7) is 7.69. The number of non-ortho nitro benzene ring substituents is 1. The van der Waals surface area contributed by atoms with Gasteiger partial charge in [0, 0.05) is 42.5 Å². The van der Waals surface area contributed by atoms with Crippen molar-refractivity contribution >= 4 is 23.3 Å². The molecule has 3 aromatic rings. The molecule has 2 aromatic carbocycles. The molecule has 38 heavy (non-hydrogen) atoms. The zero-order valence-corrected chi connectivity index (χ0v) is 22.4. The third kappa shape index (κ3) is 5.26. The van der Waals surface area contributed by atoms with Crippen molar-refractivity contribution in [3.05, 3.63) is 93.3 Å². The summed E-state index contributed by atoms with van der Waals surface area (Å²) < 4.78 is 2.06. The summed E-state index contributed by atoms with van der Waals surface area (Å²) in [4.78, 5) is 41.0. The normalized spacial score (nSPS) is 14.7. The van der Waals surface area contributed by atoms with Crippen LogP contribution in [-0.2, 0) is 18.6 Å². The van der Waals surface area contributed by atoms with Crippen molar-refractivity contribution in [1.82, 2.24) is 19.7 Å². The van der Waals surface area contributed by atoms with Crippen LogP contribution in [0.5, 0.6) is 0 Å². The highest BCUT2D eigenvalue weighted by atomic mass is 16.6. The Hall–Kier alpha value is -4.18. The number of hydrogen-bond acceptors (Lipinski definition) is 5. The number of amides is 3. The lowest BCUT2D eigenvalue weighted by atomic mass is 10.00. The van der Waals surface area contributed by atoms with Crippen LogP contribution in [0.15, 0.2) is 60.8 Å². The molecule has 2 heterocycles. The maximum atomic E-state index is 13.7. The number of carbonyl (C=O) groups excluding carboxylic acids is 2. The fourth-order valence-corrected chi connectivity index (χ4v) is 5.09. The van der Waals surface area contributed by atoms with Gasteiger partial charge in [0.2, 0.25) is 0 Å². The first-order chi connectivity index (χ1) is 18.0. The molecule has 0 aliphatic carbocycles. The summed E-state index contributed by atoms with van der Waals surface area (Å²) in [5.74, 6) is -0.369. The molecule has 0 spiro atoms. The van der Waals surface area contributed by atoms with Crippen molar-refractivity contribution in [3.63, 3.8) is 0 Å². The Morgan fingerprint density at radius 1 is 1.11 bits per heavy atom. The molecule has 2 N–H and O–H groups in total. The number of nitrogens with one attached hydrogen (secondary N) is 2. The molecule has 0 unspecified atom stereocenters. The molecule has 1 atom stereocenters. The van der Waals surface area contributed by atoms with Gasteiger partial charge in [-0.3, -0.25) is 14.9 Å². The zero-order valence-electron chi connectivity index (χ0n) is 22.4. The quantitative estimate of drug-likeness (QED) is 0.331. The van der Waals surface area contributed by atoms with Gasteiger partial charge in [-0.25, -0.2) is 4.79 Å². The van der Waals surface area contributed by atoms with E-state index in [2.05, 4.69) is 15.2 Å². The van der Waals surface area contributed by atoms with Gasteiger partial charge in [-0.2, -0.15) is 0 Å².